The average Bonchev–Trinajstić information content (AvgIpc) is 2.52. The van der Waals surface area contributed by atoms with Gasteiger partial charge in [0.2, 0.25) is 0 Å². The summed E-state index contributed by atoms with van der Waals surface area (Å²) in [7, 11) is 0. The van der Waals surface area contributed by atoms with Crippen LogP contribution in [0.3, 0.4) is 0 Å². The van der Waals surface area contributed by atoms with Crippen LogP contribution in [0.2, 0.25) is 0 Å². The van der Waals surface area contributed by atoms with Crippen LogP contribution in [-0.2, 0) is 0 Å². The molecule has 2 N–H and O–H groups in total. The molecule has 0 bridgehead atoms. The molecule has 0 aromatic rings. The summed E-state index contributed by atoms with van der Waals surface area (Å²) in [6, 6.07) is 0.599. The van der Waals surface area contributed by atoms with E-state index in [0.29, 0.717) is 18.6 Å². The molecule has 0 radical (unpaired) electrons. The number of rotatable bonds is 5. The molecule has 0 saturated heterocycles. The summed E-state index contributed by atoms with van der Waals surface area (Å²) in [6.07, 6.45) is 6.27. The predicted octanol–water partition coefficient (Wildman–Crippen LogP) is 1.54. The third kappa shape index (κ3) is 2.76. The fraction of sp³-hybridized carbons (Fsp3) is 1.00. The molecule has 1 saturated carbocycles. The summed E-state index contributed by atoms with van der Waals surface area (Å²) in [5.41, 5.74) is 0. The normalized spacial score (nSPS) is 29.5. The fourth-order valence-electron chi connectivity index (χ4n) is 1.99. The Bertz CT molecular complexity index is 116. The van der Waals surface area contributed by atoms with E-state index in [9.17, 15) is 0 Å². The van der Waals surface area contributed by atoms with Gasteiger partial charge in [0.15, 0.2) is 0 Å². The van der Waals surface area contributed by atoms with Gasteiger partial charge in [0.05, 0.1) is 0 Å². The topological polar surface area (TPSA) is 32.3 Å². The van der Waals surface area contributed by atoms with E-state index < -0.39 is 0 Å². The van der Waals surface area contributed by atoms with Crippen molar-refractivity contribution in [3.8, 4) is 0 Å². The Balaban J connectivity index is 2.12. The lowest BCUT2D eigenvalue weighted by Crippen LogP contribution is -2.34. The van der Waals surface area contributed by atoms with Crippen molar-refractivity contribution in [1.82, 2.24) is 5.32 Å². The smallest absolute Gasteiger partial charge is 0.0474 e. The van der Waals surface area contributed by atoms with Crippen molar-refractivity contribution in [2.45, 2.75) is 45.1 Å². The predicted molar refractivity (Wildman–Crippen MR) is 51.1 cm³/mol. The highest BCUT2D eigenvalue weighted by molar-refractivity contribution is 4.82. The van der Waals surface area contributed by atoms with Gasteiger partial charge >= 0.3 is 0 Å². The molecule has 0 spiro atoms. The molecule has 1 aliphatic rings. The second kappa shape index (κ2) is 5.55. The molecule has 1 fully saturated rings. The molecule has 12 heavy (non-hydrogen) atoms. The second-order valence-corrected chi connectivity index (χ2v) is 3.79. The zero-order valence-corrected chi connectivity index (χ0v) is 8.05. The molecule has 0 aromatic heterocycles. The molecule has 2 atom stereocenters. The standard InChI is InChI=1S/C10H21NO/c1-2-3-7-11-10-6-4-5-9(10)8-12/h9-12H,2-8H2,1H3. The summed E-state index contributed by atoms with van der Waals surface area (Å²) in [4.78, 5) is 0. The highest BCUT2D eigenvalue weighted by atomic mass is 16.3. The van der Waals surface area contributed by atoms with Crippen molar-refractivity contribution in [3.05, 3.63) is 0 Å². The lowest BCUT2D eigenvalue weighted by Gasteiger charge is -2.18. The first-order chi connectivity index (χ1) is 5.88. The van der Waals surface area contributed by atoms with Crippen LogP contribution in [-0.4, -0.2) is 24.3 Å². The largest absolute Gasteiger partial charge is 0.396 e. The molecule has 2 unspecified atom stereocenters. The summed E-state index contributed by atoms with van der Waals surface area (Å²) in [6.45, 7) is 3.70. The average molecular weight is 171 g/mol. The maximum atomic E-state index is 9.05. The van der Waals surface area contributed by atoms with Crippen LogP contribution in [0.5, 0.6) is 0 Å². The molecule has 0 aromatic carbocycles. The Morgan fingerprint density at radius 1 is 1.42 bits per heavy atom. The first-order valence-corrected chi connectivity index (χ1v) is 5.22. The third-order valence-electron chi connectivity index (χ3n) is 2.83. The van der Waals surface area contributed by atoms with E-state index in [4.69, 9.17) is 5.11 Å². The van der Waals surface area contributed by atoms with Gasteiger partial charge in [0.25, 0.3) is 0 Å². The summed E-state index contributed by atoms with van der Waals surface area (Å²) >= 11 is 0. The van der Waals surface area contributed by atoms with Gasteiger partial charge in [-0.05, 0) is 31.7 Å². The summed E-state index contributed by atoms with van der Waals surface area (Å²) in [5, 5.41) is 12.6. The van der Waals surface area contributed by atoms with Gasteiger partial charge in [-0.3, -0.25) is 0 Å². The molecule has 0 aliphatic heterocycles. The van der Waals surface area contributed by atoms with Gasteiger partial charge in [-0.2, -0.15) is 0 Å². The minimum Gasteiger partial charge on any atom is -0.396 e. The Kier molecular flexibility index (Phi) is 4.62. The molecule has 0 heterocycles. The lowest BCUT2D eigenvalue weighted by atomic mass is 10.1. The van der Waals surface area contributed by atoms with Gasteiger partial charge in [-0.15, -0.1) is 0 Å². The van der Waals surface area contributed by atoms with Gasteiger partial charge in [-0.1, -0.05) is 19.8 Å². The van der Waals surface area contributed by atoms with Crippen molar-refractivity contribution in [2.24, 2.45) is 5.92 Å². The van der Waals surface area contributed by atoms with Crippen molar-refractivity contribution < 1.29 is 5.11 Å². The Morgan fingerprint density at radius 2 is 2.25 bits per heavy atom. The molecule has 2 nitrogen and oxygen atoms in total. The second-order valence-electron chi connectivity index (χ2n) is 3.79. The van der Waals surface area contributed by atoms with E-state index in [1.807, 2.05) is 0 Å². The molecule has 0 amide bonds. The van der Waals surface area contributed by atoms with E-state index in [0.717, 1.165) is 6.54 Å². The van der Waals surface area contributed by atoms with Crippen LogP contribution in [0.1, 0.15) is 39.0 Å². The molecule has 1 aliphatic carbocycles. The van der Waals surface area contributed by atoms with Crippen LogP contribution in [0.25, 0.3) is 0 Å². The number of aliphatic hydroxyl groups is 1. The first-order valence-electron chi connectivity index (χ1n) is 5.22. The van der Waals surface area contributed by atoms with Crippen LogP contribution in [0, 0.1) is 5.92 Å². The van der Waals surface area contributed by atoms with Crippen molar-refractivity contribution in [2.75, 3.05) is 13.2 Å². The monoisotopic (exact) mass is 171 g/mol. The van der Waals surface area contributed by atoms with E-state index in [2.05, 4.69) is 12.2 Å². The Hall–Kier alpha value is -0.0800. The van der Waals surface area contributed by atoms with Gasteiger partial charge in [0, 0.05) is 12.6 Å². The van der Waals surface area contributed by atoms with Crippen molar-refractivity contribution >= 4 is 0 Å². The minimum absolute atomic E-state index is 0.365. The van der Waals surface area contributed by atoms with Gasteiger partial charge < -0.3 is 10.4 Å². The van der Waals surface area contributed by atoms with Crippen LogP contribution in [0.4, 0.5) is 0 Å². The highest BCUT2D eigenvalue weighted by Gasteiger charge is 2.25. The van der Waals surface area contributed by atoms with Crippen molar-refractivity contribution in [1.29, 1.82) is 0 Å². The number of hydrogen-bond donors (Lipinski definition) is 2. The third-order valence-corrected chi connectivity index (χ3v) is 2.83. The van der Waals surface area contributed by atoms with Gasteiger partial charge in [0.1, 0.15) is 0 Å². The molecule has 2 heteroatoms. The van der Waals surface area contributed by atoms with E-state index >= 15 is 0 Å². The van der Waals surface area contributed by atoms with Crippen LogP contribution >= 0.6 is 0 Å². The number of unbranched alkanes of at least 4 members (excludes halogenated alkanes) is 1. The van der Waals surface area contributed by atoms with Crippen LogP contribution in [0.15, 0.2) is 0 Å². The van der Waals surface area contributed by atoms with Crippen molar-refractivity contribution in [3.63, 3.8) is 0 Å². The highest BCUT2D eigenvalue weighted by Crippen LogP contribution is 2.24. The lowest BCUT2D eigenvalue weighted by molar-refractivity contribution is 0.205. The SMILES string of the molecule is CCCCNC1CCCC1CO. The Morgan fingerprint density at radius 3 is 2.92 bits per heavy atom. The number of nitrogens with one attached hydrogen (secondary N) is 1. The summed E-state index contributed by atoms with van der Waals surface area (Å²) in [5.74, 6) is 0.529. The van der Waals surface area contributed by atoms with E-state index in [1.54, 1.807) is 0 Å². The van der Waals surface area contributed by atoms with E-state index in [-0.39, 0.29) is 0 Å². The molecule has 1 rings (SSSR count). The zero-order chi connectivity index (χ0) is 8.81. The number of aliphatic hydroxyl groups excluding tert-OH is 1. The zero-order valence-electron chi connectivity index (χ0n) is 8.05. The molecular weight excluding hydrogens is 150 g/mol. The fourth-order valence-corrected chi connectivity index (χ4v) is 1.99. The quantitative estimate of drug-likeness (QED) is 0.615. The maximum Gasteiger partial charge on any atom is 0.0474 e. The van der Waals surface area contributed by atoms with E-state index in [1.165, 1.54) is 32.1 Å². The summed E-state index contributed by atoms with van der Waals surface area (Å²) < 4.78 is 0. The minimum atomic E-state index is 0.365. The van der Waals surface area contributed by atoms with Crippen LogP contribution < -0.4 is 5.32 Å². The Labute approximate surface area is 75.4 Å². The maximum absolute atomic E-state index is 9.05. The molecular formula is C10H21NO. The van der Waals surface area contributed by atoms with Gasteiger partial charge in [-0.25, -0.2) is 0 Å². The number of hydrogen-bond acceptors (Lipinski definition) is 2. The first kappa shape index (κ1) is 10.0. The molecule has 72 valence electrons.